The lowest BCUT2D eigenvalue weighted by Crippen LogP contribution is -2.14. The van der Waals surface area contributed by atoms with Gasteiger partial charge in [-0.15, -0.1) is 10.2 Å². The van der Waals surface area contributed by atoms with Crippen molar-refractivity contribution in [1.82, 2.24) is 14.8 Å². The number of anilines is 1. The van der Waals surface area contributed by atoms with Crippen LogP contribution in [0.2, 0.25) is 0 Å². The van der Waals surface area contributed by atoms with E-state index in [2.05, 4.69) is 58.8 Å². The Kier molecular flexibility index (Phi) is 6.79. The third kappa shape index (κ3) is 5.41. The van der Waals surface area contributed by atoms with E-state index in [4.69, 9.17) is 0 Å². The highest BCUT2D eigenvalue weighted by atomic mass is 32.2. The number of hydrogen-bond acceptors (Lipinski definition) is 4. The number of nitrogens with zero attached hydrogens (tertiary/aromatic N) is 3. The molecule has 5 nitrogen and oxygen atoms in total. The third-order valence-electron chi connectivity index (χ3n) is 4.90. The minimum absolute atomic E-state index is 0.0725. The van der Waals surface area contributed by atoms with E-state index in [9.17, 15) is 4.79 Å². The van der Waals surface area contributed by atoms with Gasteiger partial charge in [-0.3, -0.25) is 9.36 Å². The van der Waals surface area contributed by atoms with E-state index >= 15 is 0 Å². The van der Waals surface area contributed by atoms with E-state index in [1.54, 1.807) is 0 Å². The van der Waals surface area contributed by atoms with Crippen LogP contribution in [-0.4, -0.2) is 26.4 Å². The Morgan fingerprint density at radius 3 is 2.23 bits per heavy atom. The van der Waals surface area contributed by atoms with Gasteiger partial charge in [-0.2, -0.15) is 0 Å². The first kappa shape index (κ1) is 20.9. The van der Waals surface area contributed by atoms with Crippen LogP contribution in [0.5, 0.6) is 0 Å². The number of carbonyl (C=O) groups is 1. The molecule has 1 N–H and O–H groups in total. The summed E-state index contributed by atoms with van der Waals surface area (Å²) in [4.78, 5) is 12.4. The molecule has 1 heterocycles. The van der Waals surface area contributed by atoms with Gasteiger partial charge in [-0.25, -0.2) is 0 Å². The second-order valence-corrected chi connectivity index (χ2v) is 8.06. The van der Waals surface area contributed by atoms with Crippen LogP contribution in [0.25, 0.3) is 5.69 Å². The van der Waals surface area contributed by atoms with Gasteiger partial charge in [-0.1, -0.05) is 79.3 Å². The summed E-state index contributed by atoms with van der Waals surface area (Å²) >= 11 is 1.39. The minimum Gasteiger partial charge on any atom is -0.325 e. The van der Waals surface area contributed by atoms with Crippen molar-refractivity contribution in [3.63, 3.8) is 0 Å². The van der Waals surface area contributed by atoms with E-state index < -0.39 is 0 Å². The molecule has 0 aliphatic heterocycles. The first-order chi connectivity index (χ1) is 15.2. The highest BCUT2D eigenvalue weighted by Crippen LogP contribution is 2.24. The fraction of sp³-hybridized carbons (Fsp3) is 0.160. The Morgan fingerprint density at radius 1 is 0.871 bits per heavy atom. The van der Waals surface area contributed by atoms with Gasteiger partial charge in [0.2, 0.25) is 5.91 Å². The second kappa shape index (κ2) is 10.1. The van der Waals surface area contributed by atoms with Crippen LogP contribution in [0.4, 0.5) is 5.69 Å². The standard InChI is InChI=1S/C25H24N4OS/c1-2-19-13-15-22(16-14-19)29-23(17-20-9-5-3-6-10-20)27-28-25(29)31-18-24(30)26-21-11-7-4-8-12-21/h3-16H,2,17-18H2,1H3,(H,26,30). The summed E-state index contributed by atoms with van der Waals surface area (Å²) < 4.78 is 2.05. The molecule has 0 saturated heterocycles. The summed E-state index contributed by atoms with van der Waals surface area (Å²) in [5.74, 6) is 1.03. The van der Waals surface area contributed by atoms with Gasteiger partial charge in [0.05, 0.1) is 5.75 Å². The minimum atomic E-state index is -0.0725. The summed E-state index contributed by atoms with van der Waals surface area (Å²) in [5, 5.41) is 12.5. The molecule has 0 fully saturated rings. The highest BCUT2D eigenvalue weighted by molar-refractivity contribution is 7.99. The average Bonchev–Trinajstić information content (AvgIpc) is 3.21. The number of para-hydroxylation sites is 1. The van der Waals surface area contributed by atoms with Gasteiger partial charge in [0, 0.05) is 17.8 Å². The topological polar surface area (TPSA) is 59.8 Å². The number of carbonyl (C=O) groups excluding carboxylic acids is 1. The zero-order valence-corrected chi connectivity index (χ0v) is 18.2. The maximum atomic E-state index is 12.4. The SMILES string of the molecule is CCc1ccc(-n2c(Cc3ccccc3)nnc2SCC(=O)Nc2ccccc2)cc1. The van der Waals surface area contributed by atoms with E-state index in [1.165, 1.54) is 22.9 Å². The van der Waals surface area contributed by atoms with E-state index in [0.29, 0.717) is 11.6 Å². The summed E-state index contributed by atoms with van der Waals surface area (Å²) in [6.07, 6.45) is 1.65. The molecule has 4 aromatic rings. The molecule has 0 aliphatic carbocycles. The average molecular weight is 429 g/mol. The number of aromatic nitrogens is 3. The lowest BCUT2D eigenvalue weighted by molar-refractivity contribution is -0.113. The molecular weight excluding hydrogens is 404 g/mol. The second-order valence-electron chi connectivity index (χ2n) is 7.12. The van der Waals surface area contributed by atoms with Gasteiger partial charge in [0.1, 0.15) is 5.82 Å². The van der Waals surface area contributed by atoms with Crippen molar-refractivity contribution < 1.29 is 4.79 Å². The first-order valence-electron chi connectivity index (χ1n) is 10.3. The van der Waals surface area contributed by atoms with Crippen molar-refractivity contribution in [3.8, 4) is 5.69 Å². The molecule has 3 aromatic carbocycles. The van der Waals surface area contributed by atoms with Crippen molar-refractivity contribution in [2.24, 2.45) is 0 Å². The smallest absolute Gasteiger partial charge is 0.234 e. The lowest BCUT2D eigenvalue weighted by Gasteiger charge is -2.11. The highest BCUT2D eigenvalue weighted by Gasteiger charge is 2.16. The molecule has 0 aliphatic rings. The van der Waals surface area contributed by atoms with Crippen LogP contribution >= 0.6 is 11.8 Å². The number of nitrogens with one attached hydrogen (secondary N) is 1. The van der Waals surface area contributed by atoms with Gasteiger partial charge in [0.25, 0.3) is 0 Å². The number of hydrogen-bond donors (Lipinski definition) is 1. The van der Waals surface area contributed by atoms with E-state index in [1.807, 2.05) is 53.1 Å². The number of thioether (sulfide) groups is 1. The monoisotopic (exact) mass is 428 g/mol. The van der Waals surface area contributed by atoms with Crippen LogP contribution < -0.4 is 5.32 Å². The predicted molar refractivity (Wildman–Crippen MR) is 126 cm³/mol. The van der Waals surface area contributed by atoms with E-state index in [0.717, 1.165) is 23.6 Å². The number of rotatable bonds is 8. The summed E-state index contributed by atoms with van der Waals surface area (Å²) in [5.41, 5.74) is 4.23. The molecule has 4 rings (SSSR count). The van der Waals surface area contributed by atoms with Crippen molar-refractivity contribution in [3.05, 3.63) is 102 Å². The summed E-state index contributed by atoms with van der Waals surface area (Å²) in [6, 6.07) is 28.1. The van der Waals surface area contributed by atoms with Crippen LogP contribution in [0.1, 0.15) is 23.9 Å². The molecule has 0 saturated carbocycles. The molecule has 0 spiro atoms. The van der Waals surface area contributed by atoms with Crippen LogP contribution in [0.15, 0.2) is 90.1 Å². The Labute approximate surface area is 186 Å². The predicted octanol–water partition coefficient (Wildman–Crippen LogP) is 5.15. The molecule has 6 heteroatoms. The lowest BCUT2D eigenvalue weighted by atomic mass is 10.1. The van der Waals surface area contributed by atoms with Gasteiger partial charge >= 0.3 is 0 Å². The quantitative estimate of drug-likeness (QED) is 0.394. The molecule has 31 heavy (non-hydrogen) atoms. The van der Waals surface area contributed by atoms with Gasteiger partial charge < -0.3 is 5.32 Å². The molecule has 156 valence electrons. The molecular formula is C25H24N4OS. The van der Waals surface area contributed by atoms with Crippen LogP contribution in [0.3, 0.4) is 0 Å². The number of aryl methyl sites for hydroxylation is 1. The normalized spacial score (nSPS) is 10.7. The third-order valence-corrected chi connectivity index (χ3v) is 5.83. The Morgan fingerprint density at radius 2 is 1.55 bits per heavy atom. The Balaban J connectivity index is 1.56. The van der Waals surface area contributed by atoms with Crippen molar-refractivity contribution in [2.45, 2.75) is 24.9 Å². The zero-order chi connectivity index (χ0) is 21.5. The number of amides is 1. The molecule has 0 radical (unpaired) electrons. The van der Waals surface area contributed by atoms with Crippen molar-refractivity contribution >= 4 is 23.4 Å². The van der Waals surface area contributed by atoms with Crippen molar-refractivity contribution in [2.75, 3.05) is 11.1 Å². The van der Waals surface area contributed by atoms with E-state index in [-0.39, 0.29) is 11.7 Å². The molecule has 0 atom stereocenters. The maximum Gasteiger partial charge on any atom is 0.234 e. The fourth-order valence-electron chi connectivity index (χ4n) is 3.28. The molecule has 0 bridgehead atoms. The van der Waals surface area contributed by atoms with Gasteiger partial charge in [0.15, 0.2) is 5.16 Å². The Bertz CT molecular complexity index is 1130. The Hall–Kier alpha value is -3.38. The summed E-state index contributed by atoms with van der Waals surface area (Å²) in [6.45, 7) is 2.14. The van der Waals surface area contributed by atoms with Crippen LogP contribution in [0, 0.1) is 0 Å². The largest absolute Gasteiger partial charge is 0.325 e. The van der Waals surface area contributed by atoms with Crippen LogP contribution in [-0.2, 0) is 17.6 Å². The zero-order valence-electron chi connectivity index (χ0n) is 17.4. The molecule has 1 aromatic heterocycles. The fourth-order valence-corrected chi connectivity index (χ4v) is 4.05. The van der Waals surface area contributed by atoms with Gasteiger partial charge in [-0.05, 0) is 41.8 Å². The number of benzene rings is 3. The summed E-state index contributed by atoms with van der Waals surface area (Å²) in [7, 11) is 0. The first-order valence-corrected chi connectivity index (χ1v) is 11.3. The molecule has 0 unspecified atom stereocenters. The molecule has 1 amide bonds. The van der Waals surface area contributed by atoms with Crippen molar-refractivity contribution in [1.29, 1.82) is 0 Å². The maximum absolute atomic E-state index is 12.4.